The molecular formula is C14H19NO4. The lowest BCUT2D eigenvalue weighted by Gasteiger charge is -2.09. The van der Waals surface area contributed by atoms with Gasteiger partial charge in [0.05, 0.1) is 5.97 Å². The highest BCUT2D eigenvalue weighted by Gasteiger charge is 2.16. The summed E-state index contributed by atoms with van der Waals surface area (Å²) in [4.78, 5) is 10.6. The Balaban J connectivity index is 1.61. The first-order valence-electron chi connectivity index (χ1n) is 6.63. The maximum atomic E-state index is 10.6. The van der Waals surface area contributed by atoms with Gasteiger partial charge in [-0.05, 0) is 42.7 Å². The number of nitrogens with two attached hydrogens (primary N) is 1. The zero-order chi connectivity index (χ0) is 13.5. The third-order valence-corrected chi connectivity index (χ3v) is 3.13. The van der Waals surface area contributed by atoms with E-state index in [0.717, 1.165) is 26.1 Å². The van der Waals surface area contributed by atoms with E-state index in [-0.39, 0.29) is 5.56 Å². The Bertz CT molecular complexity index is 398. The Morgan fingerprint density at radius 3 is 2.84 bits per heavy atom. The Kier molecular flexibility index (Phi) is 5.18. The maximum Gasteiger partial charge on any atom is 0.137 e. The predicted octanol–water partition coefficient (Wildman–Crippen LogP) is -0.829. The fourth-order valence-electron chi connectivity index (χ4n) is 2.08. The van der Waals surface area contributed by atoms with Crippen molar-refractivity contribution in [2.24, 2.45) is 0 Å². The van der Waals surface area contributed by atoms with E-state index in [0.29, 0.717) is 18.5 Å². The zero-order valence-electron chi connectivity index (χ0n) is 10.8. The molecule has 1 aliphatic rings. The number of hydrogen-bond acceptors (Lipinski definition) is 4. The SMILES string of the molecule is O=C([O-])c1ccc(OCC[NH2+]C[C@H]2CCCO2)cc1. The molecule has 0 saturated carbocycles. The molecule has 5 heteroatoms. The van der Waals surface area contributed by atoms with E-state index in [4.69, 9.17) is 9.47 Å². The number of aromatic carboxylic acids is 1. The second-order valence-corrected chi connectivity index (χ2v) is 4.61. The number of quaternary nitrogens is 1. The topological polar surface area (TPSA) is 75.2 Å². The molecule has 19 heavy (non-hydrogen) atoms. The van der Waals surface area contributed by atoms with Gasteiger partial charge in [0.15, 0.2) is 0 Å². The van der Waals surface area contributed by atoms with Crippen molar-refractivity contribution in [3.05, 3.63) is 29.8 Å². The molecule has 1 fully saturated rings. The number of carboxylic acids is 1. The van der Waals surface area contributed by atoms with Crippen LogP contribution in [0.15, 0.2) is 24.3 Å². The van der Waals surface area contributed by atoms with Crippen LogP contribution in [0.4, 0.5) is 0 Å². The number of carboxylic acid groups (broad SMARTS) is 1. The van der Waals surface area contributed by atoms with Crippen molar-refractivity contribution in [2.45, 2.75) is 18.9 Å². The number of ether oxygens (including phenoxy) is 2. The van der Waals surface area contributed by atoms with Crippen LogP contribution in [-0.2, 0) is 4.74 Å². The maximum absolute atomic E-state index is 10.6. The van der Waals surface area contributed by atoms with Crippen LogP contribution in [0.3, 0.4) is 0 Å². The van der Waals surface area contributed by atoms with Gasteiger partial charge in [0, 0.05) is 6.61 Å². The second-order valence-electron chi connectivity index (χ2n) is 4.61. The molecule has 2 rings (SSSR count). The molecule has 0 bridgehead atoms. The lowest BCUT2D eigenvalue weighted by atomic mass is 10.2. The molecule has 1 heterocycles. The van der Waals surface area contributed by atoms with Crippen molar-refractivity contribution in [2.75, 3.05) is 26.3 Å². The number of carbonyl (C=O) groups excluding carboxylic acids is 1. The number of hydrogen-bond donors (Lipinski definition) is 1. The van der Waals surface area contributed by atoms with E-state index in [1.807, 2.05) is 0 Å². The van der Waals surface area contributed by atoms with Gasteiger partial charge in [0.2, 0.25) is 0 Å². The van der Waals surface area contributed by atoms with Crippen molar-refractivity contribution in [3.63, 3.8) is 0 Å². The largest absolute Gasteiger partial charge is 0.545 e. The normalized spacial score (nSPS) is 18.4. The lowest BCUT2D eigenvalue weighted by molar-refractivity contribution is -0.661. The van der Waals surface area contributed by atoms with Crippen LogP contribution >= 0.6 is 0 Å². The molecule has 1 aromatic rings. The Morgan fingerprint density at radius 1 is 1.42 bits per heavy atom. The molecule has 0 aliphatic carbocycles. The van der Waals surface area contributed by atoms with Crippen molar-refractivity contribution < 1.29 is 24.7 Å². The molecule has 2 N–H and O–H groups in total. The van der Waals surface area contributed by atoms with Crippen LogP contribution < -0.4 is 15.2 Å². The molecule has 0 aromatic heterocycles. The van der Waals surface area contributed by atoms with Crippen molar-refractivity contribution >= 4 is 5.97 Å². The van der Waals surface area contributed by atoms with Gasteiger partial charge in [-0.15, -0.1) is 0 Å². The molecule has 104 valence electrons. The average Bonchev–Trinajstić information content (AvgIpc) is 2.92. The highest BCUT2D eigenvalue weighted by molar-refractivity contribution is 5.85. The van der Waals surface area contributed by atoms with E-state index in [2.05, 4.69) is 5.32 Å². The standard InChI is InChI=1S/C14H19NO4/c16-14(17)11-3-5-12(6-4-11)19-9-7-15-10-13-2-1-8-18-13/h3-6,13,15H,1-2,7-10H2,(H,16,17)/t13-/m1/s1. The van der Waals surface area contributed by atoms with E-state index in [1.54, 1.807) is 12.1 Å². The summed E-state index contributed by atoms with van der Waals surface area (Å²) in [5.41, 5.74) is 0.164. The summed E-state index contributed by atoms with van der Waals surface area (Å²) >= 11 is 0. The van der Waals surface area contributed by atoms with E-state index < -0.39 is 5.97 Å². The van der Waals surface area contributed by atoms with Gasteiger partial charge in [-0.25, -0.2) is 0 Å². The first kappa shape index (κ1) is 13.8. The minimum Gasteiger partial charge on any atom is -0.545 e. The summed E-state index contributed by atoms with van der Waals surface area (Å²) in [5, 5.41) is 12.8. The van der Waals surface area contributed by atoms with Gasteiger partial charge >= 0.3 is 0 Å². The molecule has 0 radical (unpaired) electrons. The third kappa shape index (κ3) is 4.54. The first-order chi connectivity index (χ1) is 9.25. The summed E-state index contributed by atoms with van der Waals surface area (Å²) < 4.78 is 11.0. The van der Waals surface area contributed by atoms with Crippen LogP contribution in [0, 0.1) is 0 Å². The smallest absolute Gasteiger partial charge is 0.137 e. The molecule has 0 amide bonds. The van der Waals surface area contributed by atoms with Gasteiger partial charge in [0.25, 0.3) is 0 Å². The summed E-state index contributed by atoms with van der Waals surface area (Å²) in [7, 11) is 0. The second kappa shape index (κ2) is 7.11. The van der Waals surface area contributed by atoms with E-state index in [1.165, 1.54) is 18.6 Å². The van der Waals surface area contributed by atoms with Gasteiger partial charge in [0.1, 0.15) is 31.5 Å². The minimum absolute atomic E-state index is 0.164. The van der Waals surface area contributed by atoms with Gasteiger partial charge in [-0.2, -0.15) is 0 Å². The Hall–Kier alpha value is -1.59. The third-order valence-electron chi connectivity index (χ3n) is 3.13. The number of rotatable bonds is 7. The van der Waals surface area contributed by atoms with Crippen LogP contribution in [0.2, 0.25) is 0 Å². The van der Waals surface area contributed by atoms with Crippen LogP contribution in [0.5, 0.6) is 5.75 Å². The quantitative estimate of drug-likeness (QED) is 0.653. The molecule has 0 unspecified atom stereocenters. The molecule has 0 spiro atoms. The zero-order valence-corrected chi connectivity index (χ0v) is 10.8. The first-order valence-corrected chi connectivity index (χ1v) is 6.63. The monoisotopic (exact) mass is 265 g/mol. The summed E-state index contributed by atoms with van der Waals surface area (Å²) in [6, 6.07) is 6.26. The molecule has 1 aliphatic heterocycles. The molecule has 5 nitrogen and oxygen atoms in total. The minimum atomic E-state index is -1.17. The van der Waals surface area contributed by atoms with Crippen LogP contribution in [-0.4, -0.2) is 38.4 Å². The summed E-state index contributed by atoms with van der Waals surface area (Å²) in [5.74, 6) is -0.494. The highest BCUT2D eigenvalue weighted by Crippen LogP contribution is 2.11. The molecular weight excluding hydrogens is 246 g/mol. The van der Waals surface area contributed by atoms with Crippen molar-refractivity contribution in [1.82, 2.24) is 0 Å². The fraction of sp³-hybridized carbons (Fsp3) is 0.500. The predicted molar refractivity (Wildman–Crippen MR) is 66.9 cm³/mol. The fourth-order valence-corrected chi connectivity index (χ4v) is 2.08. The molecule has 1 saturated heterocycles. The van der Waals surface area contributed by atoms with Gasteiger partial charge in [-0.3, -0.25) is 0 Å². The van der Waals surface area contributed by atoms with Crippen LogP contribution in [0.1, 0.15) is 23.2 Å². The van der Waals surface area contributed by atoms with Gasteiger partial charge in [-0.1, -0.05) is 0 Å². The Morgan fingerprint density at radius 2 is 2.21 bits per heavy atom. The lowest BCUT2D eigenvalue weighted by Crippen LogP contribution is -2.87. The molecule has 1 aromatic carbocycles. The summed E-state index contributed by atoms with van der Waals surface area (Å²) in [6.07, 6.45) is 2.71. The van der Waals surface area contributed by atoms with E-state index >= 15 is 0 Å². The van der Waals surface area contributed by atoms with E-state index in [9.17, 15) is 9.90 Å². The summed E-state index contributed by atoms with van der Waals surface area (Å²) in [6.45, 7) is 3.33. The van der Waals surface area contributed by atoms with Gasteiger partial charge < -0.3 is 24.7 Å². The van der Waals surface area contributed by atoms with Crippen LogP contribution in [0.25, 0.3) is 0 Å². The molecule has 1 atom stereocenters. The van der Waals surface area contributed by atoms with Crippen molar-refractivity contribution in [3.8, 4) is 5.75 Å². The average molecular weight is 265 g/mol. The highest BCUT2D eigenvalue weighted by atomic mass is 16.5. The van der Waals surface area contributed by atoms with Crippen molar-refractivity contribution in [1.29, 1.82) is 0 Å². The Labute approximate surface area is 112 Å². The number of carbonyl (C=O) groups is 1. The number of benzene rings is 1.